The number of hydrogen-bond acceptors (Lipinski definition) is 4. The smallest absolute Gasteiger partial charge is 0.335 e. The van der Waals surface area contributed by atoms with Crippen LogP contribution in [0.5, 0.6) is 5.75 Å². The number of carboxylic acids is 1. The first-order valence-corrected chi connectivity index (χ1v) is 7.67. The van der Waals surface area contributed by atoms with Crippen LogP contribution in [0.3, 0.4) is 0 Å². The SMILES string of the molecule is CC(C)Oc1ccc(C(=O)O)cc1NC(=O)c1ccc(Cl)s1. The number of thiophene rings is 1. The summed E-state index contributed by atoms with van der Waals surface area (Å²) in [6.07, 6.45) is -0.109. The summed E-state index contributed by atoms with van der Waals surface area (Å²) >= 11 is 6.95. The average molecular weight is 340 g/mol. The van der Waals surface area contributed by atoms with Crippen LogP contribution in [0.25, 0.3) is 0 Å². The highest BCUT2D eigenvalue weighted by molar-refractivity contribution is 7.18. The van der Waals surface area contributed by atoms with E-state index in [1.54, 1.807) is 12.1 Å². The zero-order valence-electron chi connectivity index (χ0n) is 11.9. The number of halogens is 1. The molecular weight excluding hydrogens is 326 g/mol. The fourth-order valence-corrected chi connectivity index (χ4v) is 2.68. The van der Waals surface area contributed by atoms with Gasteiger partial charge in [-0.1, -0.05) is 11.6 Å². The van der Waals surface area contributed by atoms with Crippen molar-refractivity contribution in [1.82, 2.24) is 0 Å². The number of rotatable bonds is 5. The lowest BCUT2D eigenvalue weighted by atomic mass is 10.2. The van der Waals surface area contributed by atoms with Gasteiger partial charge in [-0.25, -0.2) is 4.79 Å². The molecule has 0 saturated heterocycles. The molecule has 0 saturated carbocycles. The van der Waals surface area contributed by atoms with Gasteiger partial charge in [0.1, 0.15) is 5.75 Å². The number of benzene rings is 1. The lowest BCUT2D eigenvalue weighted by Crippen LogP contribution is -2.14. The number of nitrogens with one attached hydrogen (secondary N) is 1. The Kier molecular flexibility index (Phi) is 5.05. The van der Waals surface area contributed by atoms with Crippen molar-refractivity contribution in [1.29, 1.82) is 0 Å². The Morgan fingerprint density at radius 2 is 2.00 bits per heavy atom. The van der Waals surface area contributed by atoms with E-state index >= 15 is 0 Å². The van der Waals surface area contributed by atoms with Gasteiger partial charge in [-0.2, -0.15) is 0 Å². The maximum Gasteiger partial charge on any atom is 0.335 e. The van der Waals surface area contributed by atoms with Gasteiger partial charge in [0.2, 0.25) is 0 Å². The third kappa shape index (κ3) is 3.99. The Hall–Kier alpha value is -2.05. The molecule has 1 heterocycles. The van der Waals surface area contributed by atoms with Gasteiger partial charge in [-0.05, 0) is 44.2 Å². The summed E-state index contributed by atoms with van der Waals surface area (Å²) < 4.78 is 6.09. The molecule has 5 nitrogen and oxygen atoms in total. The van der Waals surface area contributed by atoms with Gasteiger partial charge >= 0.3 is 5.97 Å². The Labute approximate surface area is 136 Å². The van der Waals surface area contributed by atoms with Crippen LogP contribution in [-0.4, -0.2) is 23.1 Å². The van der Waals surface area contributed by atoms with E-state index < -0.39 is 5.97 Å². The zero-order valence-corrected chi connectivity index (χ0v) is 13.5. The highest BCUT2D eigenvalue weighted by Gasteiger charge is 2.15. The zero-order chi connectivity index (χ0) is 16.3. The van der Waals surface area contributed by atoms with Crippen molar-refractivity contribution in [3.63, 3.8) is 0 Å². The molecule has 1 amide bonds. The molecule has 0 radical (unpaired) electrons. The molecule has 116 valence electrons. The fourth-order valence-electron chi connectivity index (χ4n) is 1.74. The van der Waals surface area contributed by atoms with Crippen molar-refractivity contribution in [3.05, 3.63) is 45.1 Å². The van der Waals surface area contributed by atoms with Gasteiger partial charge in [0, 0.05) is 0 Å². The molecule has 1 aromatic heterocycles. The van der Waals surface area contributed by atoms with Gasteiger partial charge in [0.25, 0.3) is 5.91 Å². The minimum absolute atomic E-state index is 0.0654. The van der Waals surface area contributed by atoms with Crippen LogP contribution >= 0.6 is 22.9 Å². The van der Waals surface area contributed by atoms with Crippen LogP contribution in [-0.2, 0) is 0 Å². The van der Waals surface area contributed by atoms with Crippen molar-refractivity contribution in [2.75, 3.05) is 5.32 Å². The van der Waals surface area contributed by atoms with Crippen LogP contribution in [0.4, 0.5) is 5.69 Å². The third-order valence-electron chi connectivity index (χ3n) is 2.63. The van der Waals surface area contributed by atoms with Gasteiger partial charge in [0.15, 0.2) is 0 Å². The van der Waals surface area contributed by atoms with E-state index in [9.17, 15) is 9.59 Å². The number of anilines is 1. The van der Waals surface area contributed by atoms with Crippen LogP contribution in [0, 0.1) is 0 Å². The second-order valence-corrected chi connectivity index (χ2v) is 6.46. The molecule has 0 spiro atoms. The molecule has 0 fully saturated rings. The number of amides is 1. The van der Waals surface area contributed by atoms with E-state index in [-0.39, 0.29) is 17.6 Å². The average Bonchev–Trinajstić information content (AvgIpc) is 2.86. The second-order valence-electron chi connectivity index (χ2n) is 4.74. The maximum atomic E-state index is 12.2. The topological polar surface area (TPSA) is 75.6 Å². The molecule has 7 heteroatoms. The summed E-state index contributed by atoms with van der Waals surface area (Å²) in [5.74, 6) is -1.03. The van der Waals surface area contributed by atoms with Gasteiger partial charge < -0.3 is 15.2 Å². The predicted molar refractivity (Wildman–Crippen MR) is 86.4 cm³/mol. The van der Waals surface area contributed by atoms with E-state index in [4.69, 9.17) is 21.4 Å². The van der Waals surface area contributed by atoms with Gasteiger partial charge in [-0.15, -0.1) is 11.3 Å². The van der Waals surface area contributed by atoms with Crippen LogP contribution in [0.1, 0.15) is 33.9 Å². The van der Waals surface area contributed by atoms with Crippen molar-refractivity contribution in [2.45, 2.75) is 20.0 Å². The molecule has 0 aliphatic heterocycles. The first kappa shape index (κ1) is 16.3. The molecule has 0 aliphatic carbocycles. The van der Waals surface area contributed by atoms with E-state index in [2.05, 4.69) is 5.32 Å². The largest absolute Gasteiger partial charge is 0.489 e. The summed E-state index contributed by atoms with van der Waals surface area (Å²) in [4.78, 5) is 23.7. The Balaban J connectivity index is 2.31. The van der Waals surface area contributed by atoms with Crippen LogP contribution in [0.15, 0.2) is 30.3 Å². The summed E-state index contributed by atoms with van der Waals surface area (Å²) in [5.41, 5.74) is 0.374. The van der Waals surface area contributed by atoms with Crippen molar-refractivity contribution in [3.8, 4) is 5.75 Å². The standard InChI is InChI=1S/C15H14ClNO4S/c1-8(2)21-11-4-3-9(15(19)20)7-10(11)17-14(18)12-5-6-13(16)22-12/h3-8H,1-2H3,(H,17,18)(H,19,20). The third-order valence-corrected chi connectivity index (χ3v) is 3.86. The molecule has 1 aromatic carbocycles. The van der Waals surface area contributed by atoms with Gasteiger partial charge in [-0.3, -0.25) is 4.79 Å². The number of hydrogen-bond donors (Lipinski definition) is 2. The molecule has 2 rings (SSSR count). The Bertz CT molecular complexity index is 711. The monoisotopic (exact) mass is 339 g/mol. The lowest BCUT2D eigenvalue weighted by Gasteiger charge is -2.15. The first-order valence-electron chi connectivity index (χ1n) is 6.47. The predicted octanol–water partition coefficient (Wildman–Crippen LogP) is 4.14. The molecule has 22 heavy (non-hydrogen) atoms. The number of carbonyl (C=O) groups is 2. The van der Waals surface area contributed by atoms with Crippen molar-refractivity contribution < 1.29 is 19.4 Å². The number of carbonyl (C=O) groups excluding carboxylic acids is 1. The Morgan fingerprint density at radius 1 is 1.27 bits per heavy atom. The van der Waals surface area contributed by atoms with Crippen LogP contribution < -0.4 is 10.1 Å². The van der Waals surface area contributed by atoms with Crippen LogP contribution in [0.2, 0.25) is 4.34 Å². The molecule has 2 N–H and O–H groups in total. The van der Waals surface area contributed by atoms with Crippen molar-refractivity contribution in [2.24, 2.45) is 0 Å². The summed E-state index contributed by atoms with van der Waals surface area (Å²) in [6, 6.07) is 7.55. The number of carboxylic acid groups (broad SMARTS) is 1. The first-order chi connectivity index (χ1) is 10.4. The quantitative estimate of drug-likeness (QED) is 0.858. The maximum absolute atomic E-state index is 12.2. The molecule has 0 aliphatic rings. The van der Waals surface area contributed by atoms with E-state index in [0.29, 0.717) is 20.7 Å². The number of aromatic carboxylic acids is 1. The summed E-state index contributed by atoms with van der Waals surface area (Å²) in [5, 5.41) is 11.7. The van der Waals surface area contributed by atoms with E-state index in [1.165, 1.54) is 18.2 Å². The van der Waals surface area contributed by atoms with E-state index in [0.717, 1.165) is 11.3 Å². The fraction of sp³-hybridized carbons (Fsp3) is 0.200. The highest BCUT2D eigenvalue weighted by Crippen LogP contribution is 2.29. The molecular formula is C15H14ClNO4S. The summed E-state index contributed by atoms with van der Waals surface area (Å²) in [6.45, 7) is 3.69. The van der Waals surface area contributed by atoms with Gasteiger partial charge in [0.05, 0.1) is 26.6 Å². The Morgan fingerprint density at radius 3 is 2.55 bits per heavy atom. The molecule has 2 aromatic rings. The molecule has 0 unspecified atom stereocenters. The lowest BCUT2D eigenvalue weighted by molar-refractivity contribution is 0.0696. The molecule has 0 bridgehead atoms. The molecule has 0 atom stereocenters. The second kappa shape index (κ2) is 6.81. The minimum Gasteiger partial charge on any atom is -0.489 e. The highest BCUT2D eigenvalue weighted by atomic mass is 35.5. The minimum atomic E-state index is -1.08. The van der Waals surface area contributed by atoms with Crippen molar-refractivity contribution >= 4 is 40.5 Å². The van der Waals surface area contributed by atoms with E-state index in [1.807, 2.05) is 13.8 Å². The normalized spacial score (nSPS) is 10.5. The number of ether oxygens (including phenoxy) is 1. The summed E-state index contributed by atoms with van der Waals surface area (Å²) in [7, 11) is 0.